The Morgan fingerprint density at radius 2 is 1.68 bits per heavy atom. The number of alkyl carbamates (subject to hydrolysis) is 1. The Morgan fingerprint density at radius 3 is 2.29 bits per heavy atom. The van der Waals surface area contributed by atoms with E-state index in [4.69, 9.17) is 4.74 Å². The van der Waals surface area contributed by atoms with Gasteiger partial charge in [0.05, 0.1) is 24.5 Å². The van der Waals surface area contributed by atoms with Crippen LogP contribution in [0, 0.1) is 11.8 Å². The summed E-state index contributed by atoms with van der Waals surface area (Å²) in [6.45, 7) is 7.09. The number of carbonyl (C=O) groups is 4. The second-order valence-corrected chi connectivity index (χ2v) is 12.2. The minimum Gasteiger partial charge on any atom is -0.481 e. The van der Waals surface area contributed by atoms with Crippen molar-refractivity contribution in [2.75, 3.05) is 6.54 Å². The van der Waals surface area contributed by atoms with Crippen LogP contribution in [0.3, 0.4) is 0 Å². The van der Waals surface area contributed by atoms with E-state index >= 15 is 0 Å². The largest absolute Gasteiger partial charge is 0.481 e. The maximum atomic E-state index is 13.0. The molecule has 0 saturated heterocycles. The van der Waals surface area contributed by atoms with Gasteiger partial charge >= 0.3 is 12.1 Å². The summed E-state index contributed by atoms with van der Waals surface area (Å²) < 4.78 is 5.38. The molecule has 0 radical (unpaired) electrons. The summed E-state index contributed by atoms with van der Waals surface area (Å²) in [6.07, 6.45) is 4.95. The number of carboxylic acid groups (broad SMARTS) is 1. The summed E-state index contributed by atoms with van der Waals surface area (Å²) in [4.78, 5) is 50.0. The molecule has 5 N–H and O–H groups in total. The number of ether oxygens (including phenoxy) is 1. The maximum Gasteiger partial charge on any atom is 0.407 e. The molecule has 0 spiro atoms. The number of hydrogen-bond donors (Lipinski definition) is 5. The molecule has 0 aliphatic heterocycles. The lowest BCUT2D eigenvalue weighted by atomic mass is 9.83. The first-order chi connectivity index (χ1) is 19.3. The van der Waals surface area contributed by atoms with Crippen LogP contribution < -0.4 is 16.0 Å². The fourth-order valence-corrected chi connectivity index (χ4v) is 5.10. The number of aliphatic carboxylic acids is 1. The van der Waals surface area contributed by atoms with E-state index in [1.54, 1.807) is 20.8 Å². The fraction of sp³-hybridized carbons (Fsp3) is 0.677. The Kier molecular flexibility index (Phi) is 14.1. The van der Waals surface area contributed by atoms with Crippen molar-refractivity contribution in [3.05, 3.63) is 35.9 Å². The molecule has 0 bridgehead atoms. The predicted molar refractivity (Wildman–Crippen MR) is 156 cm³/mol. The Labute approximate surface area is 244 Å². The van der Waals surface area contributed by atoms with Gasteiger partial charge in [0.1, 0.15) is 11.6 Å². The van der Waals surface area contributed by atoms with Crippen molar-refractivity contribution in [2.24, 2.45) is 11.8 Å². The third kappa shape index (κ3) is 13.9. The van der Waals surface area contributed by atoms with E-state index in [2.05, 4.69) is 16.0 Å². The molecule has 230 valence electrons. The van der Waals surface area contributed by atoms with Crippen LogP contribution in [0.2, 0.25) is 0 Å². The minimum absolute atomic E-state index is 0.0939. The number of benzene rings is 1. The third-order valence-electron chi connectivity index (χ3n) is 7.32. The SMILES string of the molecule is CC(C[C@H](NC(=O)CC(O)C(CC1CCCCC1)NC(=O)OC(C)(C)C)C(=O)NCCCc1ccccc1)C(=O)O. The van der Waals surface area contributed by atoms with Crippen LogP contribution in [0.4, 0.5) is 4.79 Å². The number of carboxylic acids is 1. The normalized spacial score (nSPS) is 17.0. The Morgan fingerprint density at radius 1 is 1.02 bits per heavy atom. The molecule has 1 saturated carbocycles. The number of nitrogens with one attached hydrogen (secondary N) is 3. The standard InChI is InChI=1S/C31H49N3O7/c1-21(29(38)39)18-25(28(37)32-17-11-16-22-12-7-5-8-13-22)33-27(36)20-26(35)24(19-23-14-9-6-10-15-23)34-30(40)41-31(2,3)4/h5,7-8,12-13,21,23-26,35H,6,9-11,14-20H2,1-4H3,(H,32,37)(H,33,36)(H,34,40)(H,38,39)/t21?,24?,25-,26?/m0/s1. The van der Waals surface area contributed by atoms with Crippen LogP contribution in [-0.4, -0.2) is 64.4 Å². The topological polar surface area (TPSA) is 154 Å². The average molecular weight is 576 g/mol. The molecule has 3 amide bonds. The van der Waals surface area contributed by atoms with Crippen molar-refractivity contribution in [3.8, 4) is 0 Å². The first kappa shape index (κ1) is 34.1. The van der Waals surface area contributed by atoms with E-state index in [0.29, 0.717) is 25.3 Å². The first-order valence-electron chi connectivity index (χ1n) is 14.9. The van der Waals surface area contributed by atoms with Gasteiger partial charge in [0.15, 0.2) is 0 Å². The van der Waals surface area contributed by atoms with Gasteiger partial charge in [-0.1, -0.05) is 69.4 Å². The van der Waals surface area contributed by atoms with E-state index in [1.165, 1.54) is 6.92 Å². The van der Waals surface area contributed by atoms with Crippen LogP contribution in [-0.2, 0) is 25.5 Å². The molecule has 1 aromatic rings. The molecule has 4 atom stereocenters. The number of aliphatic hydroxyl groups is 1. The summed E-state index contributed by atoms with van der Waals surface area (Å²) in [5, 5.41) is 28.6. The van der Waals surface area contributed by atoms with Crippen molar-refractivity contribution >= 4 is 23.9 Å². The zero-order chi connectivity index (χ0) is 30.4. The van der Waals surface area contributed by atoms with Gasteiger partial charge in [0.25, 0.3) is 0 Å². The number of aliphatic hydroxyl groups excluding tert-OH is 1. The van der Waals surface area contributed by atoms with Gasteiger partial charge in [-0.3, -0.25) is 14.4 Å². The molecule has 1 aliphatic carbocycles. The Bertz CT molecular complexity index is 974. The van der Waals surface area contributed by atoms with E-state index in [9.17, 15) is 29.4 Å². The summed E-state index contributed by atoms with van der Waals surface area (Å²) in [5.74, 6) is -2.70. The predicted octanol–water partition coefficient (Wildman–Crippen LogP) is 3.95. The molecule has 0 aromatic heterocycles. The molecule has 10 heteroatoms. The molecule has 10 nitrogen and oxygen atoms in total. The molecular weight excluding hydrogens is 526 g/mol. The lowest BCUT2D eigenvalue weighted by molar-refractivity contribution is -0.142. The van der Waals surface area contributed by atoms with Gasteiger partial charge in [0, 0.05) is 6.54 Å². The molecule has 0 heterocycles. The van der Waals surface area contributed by atoms with Crippen LogP contribution >= 0.6 is 0 Å². The van der Waals surface area contributed by atoms with Crippen LogP contribution in [0.25, 0.3) is 0 Å². The summed E-state index contributed by atoms with van der Waals surface area (Å²) in [7, 11) is 0. The number of carbonyl (C=O) groups excluding carboxylic acids is 3. The monoisotopic (exact) mass is 575 g/mol. The zero-order valence-electron chi connectivity index (χ0n) is 25.0. The highest BCUT2D eigenvalue weighted by molar-refractivity contribution is 5.88. The van der Waals surface area contributed by atoms with E-state index in [0.717, 1.165) is 44.1 Å². The number of hydrogen-bond acceptors (Lipinski definition) is 6. The quantitative estimate of drug-likeness (QED) is 0.198. The second kappa shape index (κ2) is 17.0. The van der Waals surface area contributed by atoms with Gasteiger partial charge in [-0.2, -0.15) is 0 Å². The summed E-state index contributed by atoms with van der Waals surface area (Å²) >= 11 is 0. The molecular formula is C31H49N3O7. The van der Waals surface area contributed by atoms with Crippen molar-refractivity contribution in [3.63, 3.8) is 0 Å². The van der Waals surface area contributed by atoms with Gasteiger partial charge in [0.2, 0.25) is 11.8 Å². The average Bonchev–Trinajstić information content (AvgIpc) is 2.90. The van der Waals surface area contributed by atoms with Crippen molar-refractivity contribution < 1.29 is 34.1 Å². The third-order valence-corrected chi connectivity index (χ3v) is 7.32. The van der Waals surface area contributed by atoms with Crippen molar-refractivity contribution in [1.82, 2.24) is 16.0 Å². The van der Waals surface area contributed by atoms with Gasteiger partial charge < -0.3 is 30.9 Å². The van der Waals surface area contributed by atoms with E-state index in [-0.39, 0.29) is 12.8 Å². The van der Waals surface area contributed by atoms with E-state index < -0.39 is 53.6 Å². The zero-order valence-corrected chi connectivity index (χ0v) is 25.0. The highest BCUT2D eigenvalue weighted by Gasteiger charge is 2.31. The lowest BCUT2D eigenvalue weighted by Gasteiger charge is -2.31. The molecule has 3 unspecified atom stereocenters. The minimum atomic E-state index is -1.21. The second-order valence-electron chi connectivity index (χ2n) is 12.2. The molecule has 2 rings (SSSR count). The number of aryl methyl sites for hydroxylation is 1. The van der Waals surface area contributed by atoms with Crippen LogP contribution in [0.15, 0.2) is 30.3 Å². The highest BCUT2D eigenvalue weighted by Crippen LogP contribution is 2.28. The van der Waals surface area contributed by atoms with Crippen molar-refractivity contribution in [2.45, 2.75) is 116 Å². The van der Waals surface area contributed by atoms with Gasteiger partial charge in [-0.25, -0.2) is 4.79 Å². The van der Waals surface area contributed by atoms with Crippen LogP contribution in [0.1, 0.15) is 91.0 Å². The molecule has 1 aromatic carbocycles. The Hall–Kier alpha value is -3.14. The molecule has 41 heavy (non-hydrogen) atoms. The number of amides is 3. The lowest BCUT2D eigenvalue weighted by Crippen LogP contribution is -2.51. The van der Waals surface area contributed by atoms with Gasteiger partial charge in [-0.15, -0.1) is 0 Å². The summed E-state index contributed by atoms with van der Waals surface area (Å²) in [5.41, 5.74) is 0.424. The van der Waals surface area contributed by atoms with Crippen molar-refractivity contribution in [1.29, 1.82) is 0 Å². The fourth-order valence-electron chi connectivity index (χ4n) is 5.10. The highest BCUT2D eigenvalue weighted by atomic mass is 16.6. The van der Waals surface area contributed by atoms with Gasteiger partial charge in [-0.05, 0) is 57.9 Å². The van der Waals surface area contributed by atoms with E-state index in [1.807, 2.05) is 30.3 Å². The molecule has 1 aliphatic rings. The first-order valence-corrected chi connectivity index (χ1v) is 14.9. The maximum absolute atomic E-state index is 13.0. The van der Waals surface area contributed by atoms with Crippen LogP contribution in [0.5, 0.6) is 0 Å². The smallest absolute Gasteiger partial charge is 0.407 e. The molecule has 1 fully saturated rings. The Balaban J connectivity index is 2.00. The number of rotatable bonds is 15. The summed E-state index contributed by atoms with van der Waals surface area (Å²) in [6, 6.07) is 8.06.